The molecular weight excluding hydrogens is 399 g/mol. The monoisotopic (exact) mass is 418 g/mol. The van der Waals surface area contributed by atoms with Gasteiger partial charge in [-0.3, -0.25) is 10.1 Å². The van der Waals surface area contributed by atoms with Gasteiger partial charge in [-0.15, -0.1) is 11.3 Å². The Kier molecular flexibility index (Phi) is 5.86. The van der Waals surface area contributed by atoms with E-state index in [4.69, 9.17) is 4.74 Å². The molecule has 0 saturated carbocycles. The number of halogens is 1. The standard InChI is InChI=1S/C24H19FN2O2S/c1-29-20-13-9-17(10-14-20)22-21(15-16-5-3-2-4-6-16)30-24(26-22)27-23(28)18-7-11-19(25)12-8-18/h2-14H,15H2,1H3,(H,26,27,28). The molecule has 0 aliphatic carbocycles. The van der Waals surface area contributed by atoms with E-state index in [-0.39, 0.29) is 11.7 Å². The number of anilines is 1. The van der Waals surface area contributed by atoms with Crippen LogP contribution >= 0.6 is 11.3 Å². The summed E-state index contributed by atoms with van der Waals surface area (Å²) in [5.41, 5.74) is 3.30. The van der Waals surface area contributed by atoms with Gasteiger partial charge in [0.05, 0.1) is 12.8 Å². The molecule has 0 bridgehead atoms. The van der Waals surface area contributed by atoms with Crippen molar-refractivity contribution in [2.75, 3.05) is 12.4 Å². The van der Waals surface area contributed by atoms with Gasteiger partial charge in [0, 0.05) is 22.4 Å². The fourth-order valence-electron chi connectivity index (χ4n) is 3.05. The summed E-state index contributed by atoms with van der Waals surface area (Å²) in [6.07, 6.45) is 0.701. The van der Waals surface area contributed by atoms with Crippen LogP contribution in [0.25, 0.3) is 11.3 Å². The molecule has 4 nitrogen and oxygen atoms in total. The third kappa shape index (κ3) is 4.55. The van der Waals surface area contributed by atoms with Gasteiger partial charge in [0.25, 0.3) is 5.91 Å². The van der Waals surface area contributed by atoms with Gasteiger partial charge in [-0.05, 0) is 54.1 Å². The first-order valence-electron chi connectivity index (χ1n) is 9.37. The number of hydrogen-bond acceptors (Lipinski definition) is 4. The average Bonchev–Trinajstić information content (AvgIpc) is 3.17. The van der Waals surface area contributed by atoms with Crippen LogP contribution in [-0.2, 0) is 6.42 Å². The first-order valence-corrected chi connectivity index (χ1v) is 10.2. The highest BCUT2D eigenvalue weighted by Crippen LogP contribution is 2.34. The fraction of sp³-hybridized carbons (Fsp3) is 0.0833. The lowest BCUT2D eigenvalue weighted by Crippen LogP contribution is -2.11. The molecule has 30 heavy (non-hydrogen) atoms. The third-order valence-electron chi connectivity index (χ3n) is 4.60. The van der Waals surface area contributed by atoms with E-state index in [1.54, 1.807) is 7.11 Å². The zero-order valence-corrected chi connectivity index (χ0v) is 17.1. The predicted octanol–water partition coefficient (Wildman–Crippen LogP) is 5.80. The Labute approximate surface area is 178 Å². The van der Waals surface area contributed by atoms with E-state index in [0.29, 0.717) is 17.1 Å². The Bertz CT molecular complexity index is 1140. The quantitative estimate of drug-likeness (QED) is 0.430. The van der Waals surface area contributed by atoms with Crippen LogP contribution in [0.5, 0.6) is 5.75 Å². The maximum atomic E-state index is 13.1. The van der Waals surface area contributed by atoms with Crippen molar-refractivity contribution in [3.05, 3.63) is 101 Å². The summed E-state index contributed by atoms with van der Waals surface area (Å²) < 4.78 is 18.4. The smallest absolute Gasteiger partial charge is 0.257 e. The highest BCUT2D eigenvalue weighted by atomic mass is 32.1. The zero-order chi connectivity index (χ0) is 20.9. The first kappa shape index (κ1) is 19.8. The molecule has 0 aliphatic heterocycles. The minimum absolute atomic E-state index is 0.323. The molecule has 4 aromatic rings. The summed E-state index contributed by atoms with van der Waals surface area (Å²) in [6, 6.07) is 23.2. The normalized spacial score (nSPS) is 10.6. The van der Waals surface area contributed by atoms with Crippen LogP contribution in [0, 0.1) is 5.82 Å². The van der Waals surface area contributed by atoms with Crippen molar-refractivity contribution in [2.45, 2.75) is 6.42 Å². The van der Waals surface area contributed by atoms with E-state index < -0.39 is 0 Å². The highest BCUT2D eigenvalue weighted by Gasteiger charge is 2.16. The molecule has 0 radical (unpaired) electrons. The van der Waals surface area contributed by atoms with Crippen LogP contribution in [0.1, 0.15) is 20.8 Å². The molecule has 0 spiro atoms. The van der Waals surface area contributed by atoms with E-state index in [1.807, 2.05) is 42.5 Å². The molecule has 6 heteroatoms. The lowest BCUT2D eigenvalue weighted by atomic mass is 10.1. The van der Waals surface area contributed by atoms with Crippen molar-refractivity contribution >= 4 is 22.4 Å². The van der Waals surface area contributed by atoms with Gasteiger partial charge < -0.3 is 4.74 Å². The number of thiazole rings is 1. The number of carbonyl (C=O) groups is 1. The van der Waals surface area contributed by atoms with Gasteiger partial charge >= 0.3 is 0 Å². The molecule has 0 saturated heterocycles. The molecule has 0 fully saturated rings. The first-order chi connectivity index (χ1) is 14.6. The Morgan fingerprint density at radius 1 is 1.00 bits per heavy atom. The van der Waals surface area contributed by atoms with Gasteiger partial charge in [0.2, 0.25) is 0 Å². The Hall–Kier alpha value is -3.51. The van der Waals surface area contributed by atoms with E-state index in [2.05, 4.69) is 22.4 Å². The summed E-state index contributed by atoms with van der Waals surface area (Å²) >= 11 is 1.44. The van der Waals surface area contributed by atoms with Gasteiger partial charge in [-0.1, -0.05) is 30.3 Å². The van der Waals surface area contributed by atoms with Gasteiger partial charge in [-0.2, -0.15) is 0 Å². The topological polar surface area (TPSA) is 51.2 Å². The van der Waals surface area contributed by atoms with Crippen LogP contribution < -0.4 is 10.1 Å². The number of aromatic nitrogens is 1. The summed E-state index contributed by atoms with van der Waals surface area (Å²) in [5.74, 6) is 0.0625. The third-order valence-corrected chi connectivity index (χ3v) is 5.57. The number of amides is 1. The number of nitrogens with one attached hydrogen (secondary N) is 1. The molecule has 1 heterocycles. The molecule has 0 aliphatic rings. The number of carbonyl (C=O) groups excluding carboxylic acids is 1. The van der Waals surface area contributed by atoms with E-state index >= 15 is 0 Å². The van der Waals surface area contributed by atoms with E-state index in [9.17, 15) is 9.18 Å². The minimum Gasteiger partial charge on any atom is -0.497 e. The summed E-state index contributed by atoms with van der Waals surface area (Å²) in [5, 5.41) is 3.34. The average molecular weight is 418 g/mol. The second-order valence-corrected chi connectivity index (χ2v) is 7.73. The SMILES string of the molecule is COc1ccc(-c2nc(NC(=O)c3ccc(F)cc3)sc2Cc2ccccc2)cc1. The molecule has 1 amide bonds. The number of ether oxygens (including phenoxy) is 1. The van der Waals surface area contributed by atoms with Crippen molar-refractivity contribution in [2.24, 2.45) is 0 Å². The molecule has 4 rings (SSSR count). The van der Waals surface area contributed by atoms with Crippen molar-refractivity contribution in [1.82, 2.24) is 4.98 Å². The lowest BCUT2D eigenvalue weighted by molar-refractivity contribution is 0.102. The molecule has 1 aromatic heterocycles. The zero-order valence-electron chi connectivity index (χ0n) is 16.3. The number of methoxy groups -OCH3 is 1. The van der Waals surface area contributed by atoms with E-state index in [1.165, 1.54) is 35.6 Å². The lowest BCUT2D eigenvalue weighted by Gasteiger charge is -2.04. The number of nitrogens with zero attached hydrogens (tertiary/aromatic N) is 1. The minimum atomic E-state index is -0.382. The number of hydrogen-bond donors (Lipinski definition) is 1. The van der Waals surface area contributed by atoms with Crippen LogP contribution in [-0.4, -0.2) is 18.0 Å². The molecule has 3 aromatic carbocycles. The summed E-state index contributed by atoms with van der Waals surface area (Å²) in [7, 11) is 1.63. The number of rotatable bonds is 6. The van der Waals surface area contributed by atoms with Crippen molar-refractivity contribution in [3.63, 3.8) is 0 Å². The second-order valence-electron chi connectivity index (χ2n) is 6.64. The molecule has 0 unspecified atom stereocenters. The molecule has 150 valence electrons. The number of benzene rings is 3. The Balaban J connectivity index is 1.65. The van der Waals surface area contributed by atoms with Gasteiger partial charge in [0.1, 0.15) is 11.6 Å². The summed E-state index contributed by atoms with van der Waals surface area (Å²) in [6.45, 7) is 0. The molecular formula is C24H19FN2O2S. The van der Waals surface area contributed by atoms with Gasteiger partial charge in [0.15, 0.2) is 5.13 Å². The van der Waals surface area contributed by atoms with Crippen molar-refractivity contribution in [3.8, 4) is 17.0 Å². The van der Waals surface area contributed by atoms with Crippen molar-refractivity contribution in [1.29, 1.82) is 0 Å². The largest absolute Gasteiger partial charge is 0.497 e. The van der Waals surface area contributed by atoms with E-state index in [0.717, 1.165) is 27.4 Å². The highest BCUT2D eigenvalue weighted by molar-refractivity contribution is 7.16. The van der Waals surface area contributed by atoms with Crippen LogP contribution in [0.4, 0.5) is 9.52 Å². The Morgan fingerprint density at radius 3 is 2.37 bits per heavy atom. The maximum absolute atomic E-state index is 13.1. The maximum Gasteiger partial charge on any atom is 0.257 e. The molecule has 0 atom stereocenters. The predicted molar refractivity (Wildman–Crippen MR) is 118 cm³/mol. The van der Waals surface area contributed by atoms with Crippen LogP contribution in [0.15, 0.2) is 78.9 Å². The van der Waals surface area contributed by atoms with Crippen molar-refractivity contribution < 1.29 is 13.9 Å². The second kappa shape index (κ2) is 8.88. The van der Waals surface area contributed by atoms with Crippen LogP contribution in [0.2, 0.25) is 0 Å². The van der Waals surface area contributed by atoms with Crippen LogP contribution in [0.3, 0.4) is 0 Å². The summed E-state index contributed by atoms with van der Waals surface area (Å²) in [4.78, 5) is 18.3. The fourth-order valence-corrected chi connectivity index (χ4v) is 4.06. The Morgan fingerprint density at radius 2 is 1.70 bits per heavy atom. The van der Waals surface area contributed by atoms with Gasteiger partial charge in [-0.25, -0.2) is 9.37 Å². The molecule has 1 N–H and O–H groups in total.